The van der Waals surface area contributed by atoms with Gasteiger partial charge in [0.2, 0.25) is 5.89 Å². The minimum Gasteiger partial charge on any atom is -0.442 e. The van der Waals surface area contributed by atoms with Gasteiger partial charge in [0.1, 0.15) is 17.3 Å². The molecule has 1 amide bonds. The van der Waals surface area contributed by atoms with Crippen molar-refractivity contribution < 1.29 is 18.7 Å². The zero-order valence-electron chi connectivity index (χ0n) is 16.9. The highest BCUT2D eigenvalue weighted by molar-refractivity contribution is 6.04. The van der Waals surface area contributed by atoms with Crippen LogP contribution in [0, 0.1) is 37.4 Å². The van der Waals surface area contributed by atoms with Crippen molar-refractivity contribution in [2.75, 3.05) is 0 Å². The molecule has 0 saturated heterocycles. The lowest BCUT2D eigenvalue weighted by atomic mass is 10.1. The summed E-state index contributed by atoms with van der Waals surface area (Å²) in [4.78, 5) is 24.4. The molecule has 3 N–H and O–H groups in total. The zero-order valence-corrected chi connectivity index (χ0v) is 16.9. The van der Waals surface area contributed by atoms with E-state index in [1.165, 1.54) is 24.4 Å². The minimum atomic E-state index is -1.18. The van der Waals surface area contributed by atoms with Crippen molar-refractivity contribution in [2.45, 2.75) is 13.0 Å². The number of halogens is 1. The van der Waals surface area contributed by atoms with Crippen LogP contribution in [0.15, 0.2) is 53.1 Å². The molecule has 0 radical (unpaired) electrons. The Morgan fingerprint density at radius 2 is 2.00 bits per heavy atom. The molecule has 0 bridgehead atoms. The number of carbonyl (C=O) groups is 1. The van der Waals surface area contributed by atoms with E-state index < -0.39 is 17.8 Å². The van der Waals surface area contributed by atoms with Crippen LogP contribution in [0.3, 0.4) is 0 Å². The maximum Gasteiger partial charge on any atom is 0.268 e. The van der Waals surface area contributed by atoms with Crippen LogP contribution >= 0.6 is 0 Å². The topological polar surface area (TPSA) is 115 Å². The number of hydrogen-bond donors (Lipinski definition) is 2. The molecule has 2 aromatic heterocycles. The Morgan fingerprint density at radius 3 is 2.69 bits per heavy atom. The van der Waals surface area contributed by atoms with Gasteiger partial charge in [-0.2, -0.15) is 0 Å². The van der Waals surface area contributed by atoms with E-state index in [2.05, 4.69) is 39.6 Å². The van der Waals surface area contributed by atoms with Gasteiger partial charge in [-0.25, -0.2) is 19.3 Å². The summed E-state index contributed by atoms with van der Waals surface area (Å²) < 4.78 is 18.9. The third kappa shape index (κ3) is 4.78. The molecule has 0 aliphatic rings. The second kappa shape index (κ2) is 9.52. The molecule has 8 heteroatoms. The number of amides is 1. The van der Waals surface area contributed by atoms with Crippen molar-refractivity contribution in [2.24, 2.45) is 5.73 Å². The molecule has 2 aromatic carbocycles. The van der Waals surface area contributed by atoms with Crippen molar-refractivity contribution >= 4 is 16.8 Å². The summed E-state index contributed by atoms with van der Waals surface area (Å²) in [5.41, 5.74) is 6.83. The summed E-state index contributed by atoms with van der Waals surface area (Å²) in [6.45, 7) is 1.72. The Hall–Kier alpha value is -4.53. The van der Waals surface area contributed by atoms with Gasteiger partial charge in [-0.15, -0.1) is 12.8 Å². The molecule has 0 unspecified atom stereocenters. The summed E-state index contributed by atoms with van der Waals surface area (Å²) in [5, 5.41) is 10.5. The molecule has 0 fully saturated rings. The van der Waals surface area contributed by atoms with Gasteiger partial charge in [0.05, 0.1) is 11.7 Å². The van der Waals surface area contributed by atoms with Gasteiger partial charge >= 0.3 is 0 Å². The number of carbonyl (C=O) groups excluding carboxylic acids is 1. The van der Waals surface area contributed by atoms with Gasteiger partial charge in [0, 0.05) is 22.6 Å². The van der Waals surface area contributed by atoms with Crippen LogP contribution in [0.2, 0.25) is 0 Å². The molecule has 32 heavy (non-hydrogen) atoms. The molecule has 0 aliphatic carbocycles. The number of nitrogens with zero attached hydrogens (tertiary/aromatic N) is 3. The molecule has 4 aromatic rings. The average molecular weight is 428 g/mol. The van der Waals surface area contributed by atoms with Crippen molar-refractivity contribution in [3.05, 3.63) is 77.4 Å². The van der Waals surface area contributed by atoms with E-state index in [9.17, 15) is 14.3 Å². The highest BCUT2D eigenvalue weighted by atomic mass is 19.1. The van der Waals surface area contributed by atoms with E-state index in [0.717, 1.165) is 0 Å². The summed E-state index contributed by atoms with van der Waals surface area (Å²) >= 11 is 0. The van der Waals surface area contributed by atoms with Crippen molar-refractivity contribution in [3.8, 4) is 36.1 Å². The highest BCUT2D eigenvalue weighted by Gasteiger charge is 2.14. The number of fused-ring (bicyclic) bond motifs is 1. The van der Waals surface area contributed by atoms with E-state index in [-0.39, 0.29) is 22.9 Å². The second-order valence-electron chi connectivity index (χ2n) is 6.48. The molecule has 0 spiro atoms. The van der Waals surface area contributed by atoms with E-state index in [1.807, 2.05) is 0 Å². The predicted molar refractivity (Wildman–Crippen MR) is 116 cm³/mol. The number of aryl methyl sites for hydroxylation is 1. The van der Waals surface area contributed by atoms with Crippen LogP contribution in [0.4, 0.5) is 4.39 Å². The third-order valence-corrected chi connectivity index (χ3v) is 4.24. The molecule has 2 heterocycles. The van der Waals surface area contributed by atoms with Crippen molar-refractivity contribution in [3.63, 3.8) is 0 Å². The van der Waals surface area contributed by atoms with Gasteiger partial charge in [-0.05, 0) is 31.2 Å². The fourth-order valence-electron chi connectivity index (χ4n) is 2.87. The van der Waals surface area contributed by atoms with Crippen LogP contribution in [-0.4, -0.2) is 26.0 Å². The lowest BCUT2D eigenvalue weighted by molar-refractivity contribution is 0.0997. The molecule has 4 rings (SSSR count). The fraction of sp³-hybridized carbons (Fsp3) is 0.0833. The van der Waals surface area contributed by atoms with Crippen molar-refractivity contribution in [1.29, 1.82) is 0 Å². The van der Waals surface area contributed by atoms with E-state index in [4.69, 9.17) is 10.2 Å². The first-order valence-electron chi connectivity index (χ1n) is 9.23. The number of benzene rings is 2. The summed E-state index contributed by atoms with van der Waals surface area (Å²) in [5.74, 6) is 5.16. The number of rotatable bonds is 3. The Morgan fingerprint density at radius 1 is 1.22 bits per heavy atom. The smallest absolute Gasteiger partial charge is 0.268 e. The summed E-state index contributed by atoms with van der Waals surface area (Å²) in [6.07, 6.45) is 8.32. The Labute approximate surface area is 183 Å². The van der Waals surface area contributed by atoms with Gasteiger partial charge in [0.25, 0.3) is 5.91 Å². The van der Waals surface area contributed by atoms with E-state index in [0.29, 0.717) is 22.3 Å². The lowest BCUT2D eigenvalue weighted by Crippen LogP contribution is -2.15. The Bertz CT molecular complexity index is 1380. The number of aliphatic hydroxyl groups excluding tert-OH is 1. The number of hydrogen-bond acceptors (Lipinski definition) is 6. The van der Waals surface area contributed by atoms with E-state index in [1.54, 1.807) is 31.2 Å². The number of primary amides is 1. The first kappa shape index (κ1) is 22.2. The molecule has 7 nitrogen and oxygen atoms in total. The molecule has 158 valence electrons. The van der Waals surface area contributed by atoms with Gasteiger partial charge in [-0.3, -0.25) is 4.79 Å². The number of aliphatic hydroxyl groups is 1. The normalized spacial score (nSPS) is 11.0. The quantitative estimate of drug-likeness (QED) is 0.485. The third-order valence-electron chi connectivity index (χ3n) is 4.24. The molecular weight excluding hydrogens is 411 g/mol. The SMILES string of the molecule is C#C.Cc1cnc([C@@H](O)C#Cc2cccc(-c3nc(C(N)=O)c4ccc(F)cc4n3)c2)o1. The van der Waals surface area contributed by atoms with E-state index >= 15 is 0 Å². The number of aromatic nitrogens is 3. The first-order valence-corrected chi connectivity index (χ1v) is 9.23. The number of oxazole rings is 1. The number of terminal acetylenes is 1. The maximum atomic E-state index is 13.7. The van der Waals surface area contributed by atoms with Gasteiger partial charge in [-0.1, -0.05) is 24.0 Å². The van der Waals surface area contributed by atoms with Crippen molar-refractivity contribution in [1.82, 2.24) is 15.0 Å². The Balaban J connectivity index is 0.00000141. The highest BCUT2D eigenvalue weighted by Crippen LogP contribution is 2.23. The largest absolute Gasteiger partial charge is 0.442 e. The van der Waals surface area contributed by atoms with Crippen LogP contribution in [-0.2, 0) is 0 Å². The van der Waals surface area contributed by atoms with Crippen LogP contribution in [0.5, 0.6) is 0 Å². The average Bonchev–Trinajstić information content (AvgIpc) is 3.24. The van der Waals surface area contributed by atoms with Crippen LogP contribution < -0.4 is 5.73 Å². The van der Waals surface area contributed by atoms with Crippen LogP contribution in [0.1, 0.15) is 33.8 Å². The Kier molecular flexibility index (Phi) is 6.59. The van der Waals surface area contributed by atoms with Crippen LogP contribution in [0.25, 0.3) is 22.3 Å². The van der Waals surface area contributed by atoms with Gasteiger partial charge < -0.3 is 15.3 Å². The monoisotopic (exact) mass is 428 g/mol. The van der Waals surface area contributed by atoms with Gasteiger partial charge in [0.15, 0.2) is 11.9 Å². The lowest BCUT2D eigenvalue weighted by Gasteiger charge is -2.07. The summed E-state index contributed by atoms with van der Waals surface area (Å²) in [7, 11) is 0. The maximum absolute atomic E-state index is 13.7. The predicted octanol–water partition coefficient (Wildman–Crippen LogP) is 3.17. The zero-order chi connectivity index (χ0) is 23.3. The molecular formula is C24H17FN4O3. The molecule has 0 saturated carbocycles. The number of nitrogens with two attached hydrogens (primary N) is 1. The molecule has 0 aliphatic heterocycles. The molecule has 1 atom stereocenters. The summed E-state index contributed by atoms with van der Waals surface area (Å²) in [6, 6.07) is 10.7. The fourth-order valence-corrected chi connectivity index (χ4v) is 2.87. The standard InChI is InChI=1S/C22H15FN4O3.C2H2/c1-12-11-25-22(30-12)18(28)8-5-13-3-2-4-14(9-13)21-26-17-10-15(23)6-7-16(17)19(27-21)20(24)29;1-2/h2-4,6-7,9-11,18,28H,1H3,(H2,24,29);1-2H/t18-;/m0./s1. The second-order valence-corrected chi connectivity index (χ2v) is 6.48. The minimum absolute atomic E-state index is 0.00109. The first-order chi connectivity index (χ1) is 15.4.